The average molecular weight is 485 g/mol. The van der Waals surface area contributed by atoms with Crippen LogP contribution in [0.15, 0.2) is 81.4 Å². The molecule has 1 N–H and O–H groups in total. The van der Waals surface area contributed by atoms with E-state index in [1.807, 2.05) is 48.5 Å². The van der Waals surface area contributed by atoms with E-state index in [0.29, 0.717) is 11.4 Å². The molecule has 0 atom stereocenters. The first-order valence-electron chi connectivity index (χ1n) is 9.83. The van der Waals surface area contributed by atoms with Crippen molar-refractivity contribution in [2.24, 2.45) is 0 Å². The summed E-state index contributed by atoms with van der Waals surface area (Å²) in [5.41, 5.74) is 1.38. The smallest absolute Gasteiger partial charge is 0.338 e. The van der Waals surface area contributed by atoms with E-state index < -0.39 is 28.5 Å². The van der Waals surface area contributed by atoms with Crippen LogP contribution in [0.5, 0.6) is 5.75 Å². The van der Waals surface area contributed by atoms with Crippen LogP contribution in [0, 0.1) is 0 Å². The Balaban J connectivity index is 1.57. The highest BCUT2D eigenvalue weighted by molar-refractivity contribution is 7.99. The molecule has 3 aromatic rings. The van der Waals surface area contributed by atoms with Crippen LogP contribution < -0.4 is 14.4 Å². The summed E-state index contributed by atoms with van der Waals surface area (Å²) in [6.45, 7) is -0.522. The Bertz CT molecular complexity index is 1290. The maximum absolute atomic E-state index is 13.1. The number of esters is 1. The number of anilines is 2. The number of ether oxygens (including phenoxy) is 2. The zero-order chi connectivity index (χ0) is 23.6. The van der Waals surface area contributed by atoms with Crippen LogP contribution in [0.3, 0.4) is 0 Å². The minimum absolute atomic E-state index is 0.0209. The van der Waals surface area contributed by atoms with Crippen LogP contribution in [0.4, 0.5) is 11.4 Å². The number of carbonyl (C=O) groups is 2. The van der Waals surface area contributed by atoms with Gasteiger partial charge in [0.2, 0.25) is 10.0 Å². The number of sulfonamides is 1. The fourth-order valence-corrected chi connectivity index (χ4v) is 5.35. The molecule has 0 saturated carbocycles. The number of nitrogens with one attached hydrogen (secondary N) is 1. The summed E-state index contributed by atoms with van der Waals surface area (Å²) in [5, 5.41) is 0. The largest absolute Gasteiger partial charge is 0.495 e. The molecule has 0 radical (unpaired) electrons. The second-order valence-electron chi connectivity index (χ2n) is 6.92. The van der Waals surface area contributed by atoms with Crippen molar-refractivity contribution < 1.29 is 27.5 Å². The quantitative estimate of drug-likeness (QED) is 0.534. The van der Waals surface area contributed by atoms with Crippen LogP contribution >= 0.6 is 11.8 Å². The second-order valence-corrected chi connectivity index (χ2v) is 9.85. The Morgan fingerprint density at radius 2 is 1.58 bits per heavy atom. The molecule has 0 bridgehead atoms. The van der Waals surface area contributed by atoms with Gasteiger partial charge in [-0.25, -0.2) is 17.9 Å². The summed E-state index contributed by atoms with van der Waals surface area (Å²) < 4.78 is 37.0. The lowest BCUT2D eigenvalue weighted by atomic mass is 10.2. The van der Waals surface area contributed by atoms with Crippen molar-refractivity contribution >= 4 is 45.0 Å². The fraction of sp³-hybridized carbons (Fsp3) is 0.130. The molecule has 0 aromatic heterocycles. The summed E-state index contributed by atoms with van der Waals surface area (Å²) in [7, 11) is -1.29. The highest BCUT2D eigenvalue weighted by Crippen LogP contribution is 2.47. The number of hydrogen-bond acceptors (Lipinski definition) is 7. The molecule has 4 rings (SSSR count). The number of carbonyl (C=O) groups excluding carboxylic acids is 2. The Morgan fingerprint density at radius 3 is 2.15 bits per heavy atom. The zero-order valence-electron chi connectivity index (χ0n) is 17.8. The number of amides is 1. The van der Waals surface area contributed by atoms with Crippen molar-refractivity contribution in [1.29, 1.82) is 0 Å². The van der Waals surface area contributed by atoms with Gasteiger partial charge in [0.05, 0.1) is 24.0 Å². The predicted molar refractivity (Wildman–Crippen MR) is 124 cm³/mol. The van der Waals surface area contributed by atoms with Crippen LogP contribution in [-0.2, 0) is 19.6 Å². The first-order chi connectivity index (χ1) is 15.9. The van der Waals surface area contributed by atoms with Gasteiger partial charge < -0.3 is 9.47 Å². The summed E-state index contributed by atoms with van der Waals surface area (Å²) in [5.74, 6) is -1.18. The lowest BCUT2D eigenvalue weighted by molar-refractivity contribution is -0.121. The standard InChI is InChI=1S/C23H20N2O6S2/c1-24-33(28,29)21-13-15(11-12-18(21)30-2)23(27)31-14-22(26)25-16-7-3-5-9-19(16)32-20-10-6-4-8-17(20)25/h3-13,24H,14H2,1-2H3. The molecule has 1 aliphatic rings. The van der Waals surface area contributed by atoms with Gasteiger partial charge in [-0.2, -0.15) is 0 Å². The fourth-order valence-electron chi connectivity index (χ4n) is 3.37. The SMILES string of the molecule is CNS(=O)(=O)c1cc(C(=O)OCC(=O)N2c3ccccc3Sc3ccccc32)ccc1OC. The molecule has 1 heterocycles. The van der Waals surface area contributed by atoms with E-state index in [0.717, 1.165) is 15.9 Å². The van der Waals surface area contributed by atoms with E-state index in [1.165, 1.54) is 31.2 Å². The van der Waals surface area contributed by atoms with Gasteiger partial charge in [0, 0.05) is 9.79 Å². The minimum Gasteiger partial charge on any atom is -0.495 e. The number of benzene rings is 3. The summed E-state index contributed by atoms with van der Waals surface area (Å²) >= 11 is 1.56. The van der Waals surface area contributed by atoms with E-state index in [1.54, 1.807) is 11.8 Å². The van der Waals surface area contributed by atoms with Crippen molar-refractivity contribution in [1.82, 2.24) is 4.72 Å². The van der Waals surface area contributed by atoms with Crippen molar-refractivity contribution in [3.05, 3.63) is 72.3 Å². The summed E-state index contributed by atoms with van der Waals surface area (Å²) in [4.78, 5) is 28.9. The predicted octanol–water partition coefficient (Wildman–Crippen LogP) is 3.59. The van der Waals surface area contributed by atoms with E-state index in [-0.39, 0.29) is 16.2 Å². The van der Waals surface area contributed by atoms with Gasteiger partial charge in [0.25, 0.3) is 5.91 Å². The van der Waals surface area contributed by atoms with Gasteiger partial charge >= 0.3 is 5.97 Å². The third kappa shape index (κ3) is 4.45. The first kappa shape index (κ1) is 22.8. The van der Waals surface area contributed by atoms with Crippen molar-refractivity contribution in [2.45, 2.75) is 14.7 Å². The minimum atomic E-state index is -3.87. The van der Waals surface area contributed by atoms with Gasteiger partial charge in [-0.1, -0.05) is 36.0 Å². The Labute approximate surface area is 195 Å². The number of para-hydroxylation sites is 2. The molecule has 170 valence electrons. The van der Waals surface area contributed by atoms with Gasteiger partial charge in [-0.05, 0) is 49.5 Å². The molecule has 0 aliphatic carbocycles. The molecule has 3 aromatic carbocycles. The molecular weight excluding hydrogens is 464 g/mol. The van der Waals surface area contributed by atoms with Gasteiger partial charge in [0.15, 0.2) is 6.61 Å². The molecule has 8 nitrogen and oxygen atoms in total. The molecule has 0 unspecified atom stereocenters. The van der Waals surface area contributed by atoms with E-state index in [2.05, 4.69) is 4.72 Å². The Morgan fingerprint density at radius 1 is 0.970 bits per heavy atom. The lowest BCUT2D eigenvalue weighted by Crippen LogP contribution is -2.32. The molecule has 1 amide bonds. The molecule has 0 fully saturated rings. The number of methoxy groups -OCH3 is 1. The number of nitrogens with zero attached hydrogens (tertiary/aromatic N) is 1. The highest BCUT2D eigenvalue weighted by atomic mass is 32.2. The van der Waals surface area contributed by atoms with Crippen LogP contribution in [-0.4, -0.2) is 41.1 Å². The second kappa shape index (κ2) is 9.26. The molecule has 1 aliphatic heterocycles. The molecular formula is C23H20N2O6S2. The average Bonchev–Trinajstić information content (AvgIpc) is 2.85. The number of fused-ring (bicyclic) bond motifs is 2. The third-order valence-electron chi connectivity index (χ3n) is 4.97. The normalized spacial score (nSPS) is 12.5. The highest BCUT2D eigenvalue weighted by Gasteiger charge is 2.29. The van der Waals surface area contributed by atoms with Crippen LogP contribution in [0.25, 0.3) is 0 Å². The van der Waals surface area contributed by atoms with Gasteiger partial charge in [-0.3, -0.25) is 9.69 Å². The summed E-state index contributed by atoms with van der Waals surface area (Å²) in [6.07, 6.45) is 0. The Hall–Kier alpha value is -3.34. The monoisotopic (exact) mass is 484 g/mol. The molecule has 10 heteroatoms. The van der Waals surface area contributed by atoms with Gasteiger partial charge in [0.1, 0.15) is 10.6 Å². The van der Waals surface area contributed by atoms with E-state index in [9.17, 15) is 18.0 Å². The zero-order valence-corrected chi connectivity index (χ0v) is 19.4. The van der Waals surface area contributed by atoms with Crippen molar-refractivity contribution in [2.75, 3.05) is 25.7 Å². The van der Waals surface area contributed by atoms with E-state index >= 15 is 0 Å². The maximum Gasteiger partial charge on any atom is 0.338 e. The molecule has 33 heavy (non-hydrogen) atoms. The van der Waals surface area contributed by atoms with E-state index in [4.69, 9.17) is 9.47 Å². The third-order valence-corrected chi connectivity index (χ3v) is 7.53. The Kier molecular flexibility index (Phi) is 6.41. The van der Waals surface area contributed by atoms with Crippen LogP contribution in [0.1, 0.15) is 10.4 Å². The first-order valence-corrected chi connectivity index (χ1v) is 12.1. The topological polar surface area (TPSA) is 102 Å². The van der Waals surface area contributed by atoms with Crippen molar-refractivity contribution in [3.63, 3.8) is 0 Å². The van der Waals surface area contributed by atoms with Crippen molar-refractivity contribution in [3.8, 4) is 5.75 Å². The molecule has 0 spiro atoms. The molecule has 0 saturated heterocycles. The maximum atomic E-state index is 13.1. The number of hydrogen-bond donors (Lipinski definition) is 1. The lowest BCUT2D eigenvalue weighted by Gasteiger charge is -2.30. The van der Waals surface area contributed by atoms with Crippen LogP contribution in [0.2, 0.25) is 0 Å². The van der Waals surface area contributed by atoms with Gasteiger partial charge in [-0.15, -0.1) is 0 Å². The summed E-state index contributed by atoms with van der Waals surface area (Å²) in [6, 6.07) is 18.8. The number of rotatable bonds is 6.